The quantitative estimate of drug-likeness (QED) is 0.686. The van der Waals surface area contributed by atoms with Gasteiger partial charge in [-0.25, -0.2) is 0 Å². The van der Waals surface area contributed by atoms with Crippen molar-refractivity contribution in [2.75, 3.05) is 20.0 Å². The Morgan fingerprint density at radius 1 is 1.10 bits per heavy atom. The van der Waals surface area contributed by atoms with Crippen molar-refractivity contribution in [1.29, 1.82) is 0 Å². The van der Waals surface area contributed by atoms with Gasteiger partial charge in [-0.3, -0.25) is 4.79 Å². The minimum absolute atomic E-state index is 0.120. The maximum absolute atomic E-state index is 11.6. The molecule has 2 aromatic carbocycles. The van der Waals surface area contributed by atoms with Crippen molar-refractivity contribution in [3.63, 3.8) is 0 Å². The summed E-state index contributed by atoms with van der Waals surface area (Å²) in [5.74, 6) is 0.197. The van der Waals surface area contributed by atoms with Gasteiger partial charge in [0.1, 0.15) is 5.75 Å². The van der Waals surface area contributed by atoms with Crippen LogP contribution in [-0.2, 0) is 16.0 Å². The smallest absolute Gasteiger partial charge is 0.310 e. The molecule has 0 saturated heterocycles. The third-order valence-corrected chi connectivity index (χ3v) is 3.13. The fraction of sp³-hybridized carbons (Fsp3) is 0.188. The van der Waals surface area contributed by atoms with Crippen molar-refractivity contribution < 1.29 is 14.3 Å². The molecule has 0 spiro atoms. The molecule has 2 aromatic rings. The molecule has 4 heteroatoms. The molecule has 20 heavy (non-hydrogen) atoms. The van der Waals surface area contributed by atoms with Gasteiger partial charge < -0.3 is 15.2 Å². The Hall–Kier alpha value is -2.49. The van der Waals surface area contributed by atoms with Gasteiger partial charge in [0.2, 0.25) is 0 Å². The Labute approximate surface area is 118 Å². The summed E-state index contributed by atoms with van der Waals surface area (Å²) in [6.07, 6.45) is 0.120. The highest BCUT2D eigenvalue weighted by atomic mass is 16.5. The van der Waals surface area contributed by atoms with Gasteiger partial charge in [0.15, 0.2) is 0 Å². The summed E-state index contributed by atoms with van der Waals surface area (Å²) in [4.78, 5) is 11.6. The molecule has 4 nitrogen and oxygen atoms in total. The normalized spacial score (nSPS) is 10.1. The highest BCUT2D eigenvalue weighted by Crippen LogP contribution is 2.35. The molecule has 0 radical (unpaired) electrons. The number of anilines is 1. The molecular formula is C16H17NO3. The first-order chi connectivity index (χ1) is 9.67. The Kier molecular flexibility index (Phi) is 4.25. The first-order valence-corrected chi connectivity index (χ1v) is 6.25. The second-order valence-electron chi connectivity index (χ2n) is 4.33. The number of methoxy groups -OCH3 is 2. The zero-order valence-corrected chi connectivity index (χ0v) is 11.6. The summed E-state index contributed by atoms with van der Waals surface area (Å²) in [5.41, 5.74) is 9.09. The van der Waals surface area contributed by atoms with E-state index in [1.807, 2.05) is 36.4 Å². The van der Waals surface area contributed by atoms with E-state index in [2.05, 4.69) is 0 Å². The summed E-state index contributed by atoms with van der Waals surface area (Å²) in [7, 11) is 2.91. The maximum atomic E-state index is 11.6. The number of carbonyl (C=O) groups is 1. The summed E-state index contributed by atoms with van der Waals surface area (Å²) in [5, 5.41) is 0. The molecule has 0 aliphatic rings. The highest BCUT2D eigenvalue weighted by molar-refractivity contribution is 5.82. The Morgan fingerprint density at radius 3 is 2.40 bits per heavy atom. The number of nitrogen functional groups attached to an aromatic ring is 1. The average Bonchev–Trinajstić information content (AvgIpc) is 2.48. The third kappa shape index (κ3) is 2.74. The predicted molar refractivity (Wildman–Crippen MR) is 78.6 cm³/mol. The zero-order chi connectivity index (χ0) is 14.5. The fourth-order valence-corrected chi connectivity index (χ4v) is 2.17. The number of nitrogens with two attached hydrogens (primary N) is 1. The number of ether oxygens (including phenoxy) is 2. The summed E-state index contributed by atoms with van der Waals surface area (Å²) in [6, 6.07) is 13.5. The topological polar surface area (TPSA) is 61.5 Å². The molecule has 0 unspecified atom stereocenters. The Bertz CT molecular complexity index is 609. The third-order valence-electron chi connectivity index (χ3n) is 3.13. The molecule has 0 heterocycles. The molecule has 0 saturated carbocycles. The number of hydrogen-bond donors (Lipinski definition) is 1. The van der Waals surface area contributed by atoms with Gasteiger partial charge in [-0.05, 0) is 17.2 Å². The molecule has 0 bridgehead atoms. The van der Waals surface area contributed by atoms with Crippen LogP contribution in [0.2, 0.25) is 0 Å². The van der Waals surface area contributed by atoms with E-state index in [9.17, 15) is 4.79 Å². The number of esters is 1. The number of hydrogen-bond acceptors (Lipinski definition) is 4. The molecule has 2 rings (SSSR count). The molecule has 2 N–H and O–H groups in total. The summed E-state index contributed by atoms with van der Waals surface area (Å²) < 4.78 is 10.1. The Morgan fingerprint density at radius 2 is 1.80 bits per heavy atom. The van der Waals surface area contributed by atoms with Crippen LogP contribution in [0.4, 0.5) is 5.69 Å². The standard InChI is InChI=1S/C16H17NO3/c1-19-15(18)10-13-12(11-6-4-3-5-7-11)8-9-14(17)16(13)20-2/h3-9H,10,17H2,1-2H3. The van der Waals surface area contributed by atoms with Crippen molar-refractivity contribution in [3.05, 3.63) is 48.0 Å². The molecular weight excluding hydrogens is 254 g/mol. The zero-order valence-electron chi connectivity index (χ0n) is 11.6. The SMILES string of the molecule is COC(=O)Cc1c(-c2ccccc2)ccc(N)c1OC. The van der Waals surface area contributed by atoms with E-state index in [4.69, 9.17) is 15.2 Å². The van der Waals surface area contributed by atoms with E-state index in [1.54, 1.807) is 13.2 Å². The van der Waals surface area contributed by atoms with Gasteiger partial charge in [0.25, 0.3) is 0 Å². The van der Waals surface area contributed by atoms with E-state index < -0.39 is 0 Å². The molecule has 104 valence electrons. The maximum Gasteiger partial charge on any atom is 0.310 e. The molecule has 0 aliphatic heterocycles. The number of benzene rings is 2. The molecule has 0 amide bonds. The van der Waals surface area contributed by atoms with E-state index in [1.165, 1.54) is 7.11 Å². The molecule has 0 fully saturated rings. The molecule has 0 aliphatic carbocycles. The lowest BCUT2D eigenvalue weighted by atomic mass is 9.96. The van der Waals surface area contributed by atoms with E-state index in [-0.39, 0.29) is 12.4 Å². The van der Waals surface area contributed by atoms with Gasteiger partial charge in [0, 0.05) is 5.56 Å². The lowest BCUT2D eigenvalue weighted by Gasteiger charge is -2.15. The van der Waals surface area contributed by atoms with Crippen LogP contribution in [0.25, 0.3) is 11.1 Å². The Balaban J connectivity index is 2.59. The van der Waals surface area contributed by atoms with Gasteiger partial charge in [-0.15, -0.1) is 0 Å². The first-order valence-electron chi connectivity index (χ1n) is 6.25. The van der Waals surface area contributed by atoms with Crippen LogP contribution in [0.3, 0.4) is 0 Å². The minimum Gasteiger partial charge on any atom is -0.494 e. The predicted octanol–water partition coefficient (Wildman–Crippen LogP) is 2.66. The second-order valence-corrected chi connectivity index (χ2v) is 4.33. The number of carbonyl (C=O) groups excluding carboxylic acids is 1. The van der Waals surface area contributed by atoms with Crippen LogP contribution in [0.15, 0.2) is 42.5 Å². The van der Waals surface area contributed by atoms with Crippen molar-refractivity contribution >= 4 is 11.7 Å². The van der Waals surface area contributed by atoms with Gasteiger partial charge in [-0.1, -0.05) is 36.4 Å². The van der Waals surface area contributed by atoms with Crippen LogP contribution >= 0.6 is 0 Å². The van der Waals surface area contributed by atoms with Crippen molar-refractivity contribution in [2.24, 2.45) is 0 Å². The molecule has 0 aromatic heterocycles. The van der Waals surface area contributed by atoms with Gasteiger partial charge in [0.05, 0.1) is 26.3 Å². The van der Waals surface area contributed by atoms with Crippen LogP contribution < -0.4 is 10.5 Å². The van der Waals surface area contributed by atoms with Crippen molar-refractivity contribution in [3.8, 4) is 16.9 Å². The van der Waals surface area contributed by atoms with Crippen molar-refractivity contribution in [1.82, 2.24) is 0 Å². The van der Waals surface area contributed by atoms with E-state index >= 15 is 0 Å². The highest BCUT2D eigenvalue weighted by Gasteiger charge is 2.17. The van der Waals surface area contributed by atoms with Crippen LogP contribution in [0.5, 0.6) is 5.75 Å². The van der Waals surface area contributed by atoms with E-state index in [0.717, 1.165) is 16.7 Å². The number of rotatable bonds is 4. The first kappa shape index (κ1) is 13.9. The lowest BCUT2D eigenvalue weighted by Crippen LogP contribution is -2.08. The molecule has 0 atom stereocenters. The average molecular weight is 271 g/mol. The summed E-state index contributed by atoms with van der Waals surface area (Å²) in [6.45, 7) is 0. The van der Waals surface area contributed by atoms with Crippen molar-refractivity contribution in [2.45, 2.75) is 6.42 Å². The fourth-order valence-electron chi connectivity index (χ4n) is 2.17. The van der Waals surface area contributed by atoms with Crippen LogP contribution in [-0.4, -0.2) is 20.2 Å². The van der Waals surface area contributed by atoms with E-state index in [0.29, 0.717) is 11.4 Å². The van der Waals surface area contributed by atoms with Gasteiger partial charge >= 0.3 is 5.97 Å². The van der Waals surface area contributed by atoms with Gasteiger partial charge in [-0.2, -0.15) is 0 Å². The minimum atomic E-state index is -0.328. The summed E-state index contributed by atoms with van der Waals surface area (Å²) >= 11 is 0. The van der Waals surface area contributed by atoms with Crippen LogP contribution in [0, 0.1) is 0 Å². The lowest BCUT2D eigenvalue weighted by molar-refractivity contribution is -0.139. The monoisotopic (exact) mass is 271 g/mol. The largest absolute Gasteiger partial charge is 0.494 e. The second kappa shape index (κ2) is 6.10. The van der Waals surface area contributed by atoms with Crippen LogP contribution in [0.1, 0.15) is 5.56 Å².